The molecule has 0 rings (SSSR count). The summed E-state index contributed by atoms with van der Waals surface area (Å²) in [6, 6.07) is 0. The maximum Gasteiger partial charge on any atom is 0.205 e. The van der Waals surface area contributed by atoms with Crippen molar-refractivity contribution in [1.82, 2.24) is 0 Å². The molecule has 1 atom stereocenters. The van der Waals surface area contributed by atoms with Gasteiger partial charge in [0.15, 0.2) is 6.54 Å². The third-order valence-corrected chi connectivity index (χ3v) is 1.75. The lowest BCUT2D eigenvalue weighted by molar-refractivity contribution is -1.09. The van der Waals surface area contributed by atoms with Gasteiger partial charge in [-0.1, -0.05) is 13.0 Å². The van der Waals surface area contributed by atoms with Crippen molar-refractivity contribution in [1.29, 1.82) is 0 Å². The maximum atomic E-state index is 8.85. The van der Waals surface area contributed by atoms with Crippen LogP contribution in [0.3, 0.4) is 0 Å². The Labute approximate surface area is 79.6 Å². The fourth-order valence-electron chi connectivity index (χ4n) is 1.26. The van der Waals surface area contributed by atoms with Crippen LogP contribution in [0.5, 0.6) is 0 Å². The number of aliphatic hydroxyl groups is 2. The molecule has 1 unspecified atom stereocenters. The first-order valence-electron chi connectivity index (χ1n) is 4.50. The summed E-state index contributed by atoms with van der Waals surface area (Å²) in [5.41, 5.74) is 0. The summed E-state index contributed by atoms with van der Waals surface area (Å²) in [7, 11) is 1.83. The van der Waals surface area contributed by atoms with Crippen LogP contribution in [0.2, 0.25) is 0 Å². The highest BCUT2D eigenvalue weighted by Gasteiger charge is 2.25. The Balaban J connectivity index is 4.06. The normalized spacial score (nSPS) is 15.8. The molecule has 0 fully saturated rings. The number of hydroxylamine groups is 3. The molecule has 0 bridgehead atoms. The van der Waals surface area contributed by atoms with E-state index in [2.05, 4.69) is 6.58 Å². The summed E-state index contributed by atoms with van der Waals surface area (Å²) >= 11 is 0. The molecule has 0 aromatic heterocycles. The van der Waals surface area contributed by atoms with E-state index >= 15 is 0 Å². The van der Waals surface area contributed by atoms with Crippen LogP contribution >= 0.6 is 0 Å². The van der Waals surface area contributed by atoms with Crippen LogP contribution in [-0.2, 0) is 4.84 Å². The van der Waals surface area contributed by atoms with E-state index in [1.165, 1.54) is 0 Å². The van der Waals surface area contributed by atoms with Crippen molar-refractivity contribution in [3.63, 3.8) is 0 Å². The molecule has 0 saturated carbocycles. The number of hydrogen-bond acceptors (Lipinski definition) is 3. The second kappa shape index (κ2) is 6.10. The highest BCUT2D eigenvalue weighted by molar-refractivity contribution is 4.62. The zero-order valence-corrected chi connectivity index (χ0v) is 8.44. The molecular formula is C9H20NO3+. The SMILES string of the molecule is C=CCO[N+](C)(CCC)CC(O)O. The zero-order valence-electron chi connectivity index (χ0n) is 8.44. The summed E-state index contributed by atoms with van der Waals surface area (Å²) in [5.74, 6) is 0. The minimum absolute atomic E-state index is 0.182. The predicted molar refractivity (Wildman–Crippen MR) is 50.6 cm³/mol. The average molecular weight is 190 g/mol. The minimum atomic E-state index is -1.33. The van der Waals surface area contributed by atoms with Crippen molar-refractivity contribution >= 4 is 0 Å². The molecule has 0 aromatic carbocycles. The first kappa shape index (κ1) is 12.6. The van der Waals surface area contributed by atoms with Crippen LogP contribution in [0.1, 0.15) is 13.3 Å². The smallest absolute Gasteiger partial charge is 0.205 e. The van der Waals surface area contributed by atoms with Gasteiger partial charge in [-0.15, -0.1) is 6.58 Å². The van der Waals surface area contributed by atoms with Crippen LogP contribution in [0.25, 0.3) is 0 Å². The highest BCUT2D eigenvalue weighted by atomic mass is 16.7. The summed E-state index contributed by atoms with van der Waals surface area (Å²) in [5, 5.41) is 17.7. The van der Waals surface area contributed by atoms with Crippen molar-refractivity contribution in [3.05, 3.63) is 12.7 Å². The molecule has 0 aliphatic carbocycles. The monoisotopic (exact) mass is 190 g/mol. The lowest BCUT2D eigenvalue weighted by Crippen LogP contribution is -2.49. The first-order valence-corrected chi connectivity index (χ1v) is 4.50. The van der Waals surface area contributed by atoms with Crippen LogP contribution in [0.15, 0.2) is 12.7 Å². The van der Waals surface area contributed by atoms with Crippen LogP contribution in [-0.4, -0.2) is 47.9 Å². The maximum absolute atomic E-state index is 8.85. The minimum Gasteiger partial charge on any atom is -0.364 e. The predicted octanol–water partition coefficient (Wildman–Crippen LogP) is 0.271. The molecular weight excluding hydrogens is 170 g/mol. The van der Waals surface area contributed by atoms with Crippen LogP contribution in [0.4, 0.5) is 0 Å². The quantitative estimate of drug-likeness (QED) is 0.262. The van der Waals surface area contributed by atoms with Crippen molar-refractivity contribution < 1.29 is 19.7 Å². The molecule has 0 radical (unpaired) electrons. The number of hydrogen-bond donors (Lipinski definition) is 2. The van der Waals surface area contributed by atoms with E-state index in [4.69, 9.17) is 15.1 Å². The molecule has 0 aromatic rings. The fourth-order valence-corrected chi connectivity index (χ4v) is 1.26. The van der Waals surface area contributed by atoms with E-state index < -0.39 is 6.29 Å². The van der Waals surface area contributed by atoms with Gasteiger partial charge in [-0.3, -0.25) is 0 Å². The number of quaternary nitrogens is 1. The second-order valence-corrected chi connectivity index (χ2v) is 3.27. The Kier molecular flexibility index (Phi) is 5.90. The van der Waals surface area contributed by atoms with Gasteiger partial charge in [-0.25, -0.2) is 0 Å². The second-order valence-electron chi connectivity index (χ2n) is 3.27. The highest BCUT2D eigenvalue weighted by Crippen LogP contribution is 2.06. The van der Waals surface area contributed by atoms with Crippen molar-refractivity contribution in [2.24, 2.45) is 0 Å². The summed E-state index contributed by atoms with van der Waals surface area (Å²) in [6.45, 7) is 6.93. The lowest BCUT2D eigenvalue weighted by atomic mass is 10.4. The van der Waals surface area contributed by atoms with Crippen LogP contribution < -0.4 is 0 Å². The van der Waals surface area contributed by atoms with Crippen molar-refractivity contribution in [2.75, 3.05) is 26.7 Å². The molecule has 4 heteroatoms. The molecule has 4 nitrogen and oxygen atoms in total. The fraction of sp³-hybridized carbons (Fsp3) is 0.778. The molecule has 2 N–H and O–H groups in total. The van der Waals surface area contributed by atoms with Gasteiger partial charge in [0.05, 0.1) is 7.05 Å². The van der Waals surface area contributed by atoms with E-state index in [1.54, 1.807) is 6.08 Å². The number of aliphatic hydroxyl groups excluding tert-OH is 1. The number of nitrogens with zero attached hydrogens (tertiary/aromatic N) is 1. The topological polar surface area (TPSA) is 49.7 Å². The van der Waals surface area contributed by atoms with Gasteiger partial charge in [-0.05, 0) is 6.42 Å². The molecule has 0 spiro atoms. The van der Waals surface area contributed by atoms with E-state index in [9.17, 15) is 0 Å². The van der Waals surface area contributed by atoms with E-state index in [-0.39, 0.29) is 11.2 Å². The number of rotatable bonds is 7. The Morgan fingerprint density at radius 2 is 2.15 bits per heavy atom. The van der Waals surface area contributed by atoms with Gasteiger partial charge in [0.25, 0.3) is 0 Å². The van der Waals surface area contributed by atoms with Gasteiger partial charge in [0.2, 0.25) is 6.29 Å². The van der Waals surface area contributed by atoms with Crippen LogP contribution in [0, 0.1) is 0 Å². The largest absolute Gasteiger partial charge is 0.364 e. The lowest BCUT2D eigenvalue weighted by Gasteiger charge is -2.31. The van der Waals surface area contributed by atoms with Gasteiger partial charge in [-0.2, -0.15) is 9.48 Å². The third-order valence-electron chi connectivity index (χ3n) is 1.75. The molecule has 0 aliphatic heterocycles. The van der Waals surface area contributed by atoms with Gasteiger partial charge >= 0.3 is 0 Å². The Bertz CT molecular complexity index is 150. The van der Waals surface area contributed by atoms with Crippen molar-refractivity contribution in [3.8, 4) is 0 Å². The average Bonchev–Trinajstić information content (AvgIpc) is 2.00. The molecule has 0 heterocycles. The zero-order chi connectivity index (χ0) is 10.3. The molecule has 0 amide bonds. The van der Waals surface area contributed by atoms with E-state index in [0.29, 0.717) is 6.61 Å². The summed E-state index contributed by atoms with van der Waals surface area (Å²) in [4.78, 5) is 5.43. The summed E-state index contributed by atoms with van der Waals surface area (Å²) < 4.78 is 0.209. The first-order chi connectivity index (χ1) is 6.04. The van der Waals surface area contributed by atoms with Gasteiger partial charge in [0.1, 0.15) is 13.2 Å². The Morgan fingerprint density at radius 3 is 2.54 bits per heavy atom. The Hall–Kier alpha value is -0.420. The van der Waals surface area contributed by atoms with Crippen molar-refractivity contribution in [2.45, 2.75) is 19.6 Å². The standard InChI is InChI=1S/C9H20NO3/c1-4-6-10(3,8-9(11)12)13-7-5-2/h5,9,11-12H,2,4,6-8H2,1,3H3/q+1. The third kappa shape index (κ3) is 5.76. The molecule has 78 valence electrons. The van der Waals surface area contributed by atoms with Gasteiger partial charge < -0.3 is 10.2 Å². The summed E-state index contributed by atoms with van der Waals surface area (Å²) in [6.07, 6.45) is 1.25. The van der Waals surface area contributed by atoms with E-state index in [0.717, 1.165) is 13.0 Å². The molecule has 0 aliphatic rings. The Morgan fingerprint density at radius 1 is 1.54 bits per heavy atom. The van der Waals surface area contributed by atoms with Gasteiger partial charge in [0, 0.05) is 0 Å². The molecule has 13 heavy (non-hydrogen) atoms. The number of likely N-dealkylation sites (N-methyl/N-ethyl adjacent to an activating group) is 1. The molecule has 0 saturated heterocycles. The van der Waals surface area contributed by atoms with E-state index in [1.807, 2.05) is 14.0 Å².